The summed E-state index contributed by atoms with van der Waals surface area (Å²) in [4.78, 5) is 0. The van der Waals surface area contributed by atoms with Crippen molar-refractivity contribution in [2.75, 3.05) is 13.7 Å². The average Bonchev–Trinajstić information content (AvgIpc) is 2.48. The molecular formula is C18H22O2. The quantitative estimate of drug-likeness (QED) is 0.898. The third-order valence-corrected chi connectivity index (χ3v) is 3.66. The maximum Gasteiger partial charge on any atom is 0.138 e. The van der Waals surface area contributed by atoms with E-state index in [1.54, 1.807) is 7.11 Å². The van der Waals surface area contributed by atoms with Crippen LogP contribution < -0.4 is 0 Å². The standard InChI is InChI=1S/C18H22O2/c1-14(2)15-9-11-17(12-10-15)18(19,13-20-3)16-7-5-4-6-8-16/h4-12,14,19H,13H2,1-3H3. The lowest BCUT2D eigenvalue weighted by molar-refractivity contribution is -0.00329. The fourth-order valence-corrected chi connectivity index (χ4v) is 2.40. The van der Waals surface area contributed by atoms with Crippen LogP contribution in [0.15, 0.2) is 54.6 Å². The number of hydrogen-bond donors (Lipinski definition) is 1. The molecule has 0 saturated carbocycles. The molecule has 0 heterocycles. The van der Waals surface area contributed by atoms with Gasteiger partial charge in [0, 0.05) is 7.11 Å². The Balaban J connectivity index is 2.42. The first-order valence-electron chi connectivity index (χ1n) is 6.95. The van der Waals surface area contributed by atoms with E-state index in [4.69, 9.17) is 4.74 Å². The van der Waals surface area contributed by atoms with Crippen molar-refractivity contribution in [2.24, 2.45) is 0 Å². The Kier molecular flexibility index (Phi) is 4.58. The van der Waals surface area contributed by atoms with Gasteiger partial charge in [-0.05, 0) is 22.6 Å². The Labute approximate surface area is 121 Å². The van der Waals surface area contributed by atoms with E-state index in [-0.39, 0.29) is 6.61 Å². The Morgan fingerprint density at radius 3 is 2.00 bits per heavy atom. The van der Waals surface area contributed by atoms with Gasteiger partial charge in [-0.15, -0.1) is 0 Å². The topological polar surface area (TPSA) is 29.5 Å². The Hall–Kier alpha value is -1.64. The Bertz CT molecular complexity index is 531. The summed E-state index contributed by atoms with van der Waals surface area (Å²) in [6.07, 6.45) is 0. The van der Waals surface area contributed by atoms with Crippen molar-refractivity contribution in [1.29, 1.82) is 0 Å². The molecule has 0 aliphatic heterocycles. The molecule has 0 amide bonds. The summed E-state index contributed by atoms with van der Waals surface area (Å²) < 4.78 is 5.24. The molecule has 106 valence electrons. The first kappa shape index (κ1) is 14.8. The number of methoxy groups -OCH3 is 1. The highest BCUT2D eigenvalue weighted by atomic mass is 16.5. The van der Waals surface area contributed by atoms with Crippen molar-refractivity contribution in [2.45, 2.75) is 25.4 Å². The van der Waals surface area contributed by atoms with Crippen LogP contribution in [0.3, 0.4) is 0 Å². The molecule has 0 aromatic heterocycles. The van der Waals surface area contributed by atoms with Gasteiger partial charge in [0.1, 0.15) is 5.60 Å². The minimum Gasteiger partial charge on any atom is -0.381 e. The molecular weight excluding hydrogens is 248 g/mol. The van der Waals surface area contributed by atoms with Gasteiger partial charge in [-0.25, -0.2) is 0 Å². The lowest BCUT2D eigenvalue weighted by Crippen LogP contribution is -2.32. The predicted molar refractivity (Wildman–Crippen MR) is 81.8 cm³/mol. The molecule has 2 aromatic rings. The van der Waals surface area contributed by atoms with Crippen molar-refractivity contribution < 1.29 is 9.84 Å². The van der Waals surface area contributed by atoms with Gasteiger partial charge in [0.05, 0.1) is 6.61 Å². The van der Waals surface area contributed by atoms with E-state index in [0.717, 1.165) is 11.1 Å². The molecule has 2 heteroatoms. The molecule has 0 aliphatic rings. The van der Waals surface area contributed by atoms with Gasteiger partial charge in [-0.2, -0.15) is 0 Å². The molecule has 0 bridgehead atoms. The number of aliphatic hydroxyl groups is 1. The van der Waals surface area contributed by atoms with Crippen LogP contribution in [0.25, 0.3) is 0 Å². The summed E-state index contributed by atoms with van der Waals surface area (Å²) in [5.41, 5.74) is 1.86. The second kappa shape index (κ2) is 6.21. The lowest BCUT2D eigenvalue weighted by atomic mass is 9.86. The van der Waals surface area contributed by atoms with E-state index < -0.39 is 5.60 Å². The fraction of sp³-hybridized carbons (Fsp3) is 0.333. The smallest absolute Gasteiger partial charge is 0.138 e. The maximum absolute atomic E-state index is 11.1. The molecule has 0 aliphatic carbocycles. The summed E-state index contributed by atoms with van der Waals surface area (Å²) in [5.74, 6) is 0.483. The van der Waals surface area contributed by atoms with Crippen LogP contribution in [-0.4, -0.2) is 18.8 Å². The molecule has 0 spiro atoms. The van der Waals surface area contributed by atoms with E-state index in [9.17, 15) is 5.11 Å². The highest BCUT2D eigenvalue weighted by molar-refractivity contribution is 5.38. The number of benzene rings is 2. The largest absolute Gasteiger partial charge is 0.381 e. The van der Waals surface area contributed by atoms with E-state index >= 15 is 0 Å². The highest BCUT2D eigenvalue weighted by Crippen LogP contribution is 2.30. The minimum atomic E-state index is -1.11. The van der Waals surface area contributed by atoms with Gasteiger partial charge in [-0.3, -0.25) is 0 Å². The highest BCUT2D eigenvalue weighted by Gasteiger charge is 2.31. The third-order valence-electron chi connectivity index (χ3n) is 3.66. The van der Waals surface area contributed by atoms with Gasteiger partial charge in [0.2, 0.25) is 0 Å². The van der Waals surface area contributed by atoms with E-state index in [1.165, 1.54) is 5.56 Å². The lowest BCUT2D eigenvalue weighted by Gasteiger charge is -2.29. The average molecular weight is 270 g/mol. The second-order valence-electron chi connectivity index (χ2n) is 5.44. The van der Waals surface area contributed by atoms with Crippen LogP contribution in [0, 0.1) is 0 Å². The molecule has 1 atom stereocenters. The van der Waals surface area contributed by atoms with Crippen LogP contribution in [0.5, 0.6) is 0 Å². The Morgan fingerprint density at radius 1 is 0.950 bits per heavy atom. The zero-order chi connectivity index (χ0) is 14.6. The predicted octanol–water partition coefficient (Wildman–Crippen LogP) is 3.69. The molecule has 1 unspecified atom stereocenters. The molecule has 20 heavy (non-hydrogen) atoms. The van der Waals surface area contributed by atoms with Gasteiger partial charge in [0.25, 0.3) is 0 Å². The molecule has 0 radical (unpaired) electrons. The molecule has 2 rings (SSSR count). The monoisotopic (exact) mass is 270 g/mol. The molecule has 0 fully saturated rings. The molecule has 0 saturated heterocycles. The first-order chi connectivity index (χ1) is 9.58. The first-order valence-corrected chi connectivity index (χ1v) is 6.95. The van der Waals surface area contributed by atoms with Crippen LogP contribution in [0.1, 0.15) is 36.5 Å². The summed E-state index contributed by atoms with van der Waals surface area (Å²) in [5, 5.41) is 11.1. The van der Waals surface area contributed by atoms with Gasteiger partial charge < -0.3 is 9.84 Å². The van der Waals surface area contributed by atoms with E-state index in [2.05, 4.69) is 26.0 Å². The Morgan fingerprint density at radius 2 is 1.50 bits per heavy atom. The van der Waals surface area contributed by atoms with Gasteiger partial charge >= 0.3 is 0 Å². The summed E-state index contributed by atoms with van der Waals surface area (Å²) >= 11 is 0. The fourth-order valence-electron chi connectivity index (χ4n) is 2.40. The van der Waals surface area contributed by atoms with Crippen LogP contribution in [-0.2, 0) is 10.3 Å². The van der Waals surface area contributed by atoms with Crippen LogP contribution in [0.4, 0.5) is 0 Å². The zero-order valence-electron chi connectivity index (χ0n) is 12.3. The number of hydrogen-bond acceptors (Lipinski definition) is 2. The molecule has 2 aromatic carbocycles. The zero-order valence-corrected chi connectivity index (χ0v) is 12.3. The second-order valence-corrected chi connectivity index (χ2v) is 5.44. The van der Waals surface area contributed by atoms with Crippen LogP contribution >= 0.6 is 0 Å². The van der Waals surface area contributed by atoms with E-state index in [1.807, 2.05) is 42.5 Å². The molecule has 2 nitrogen and oxygen atoms in total. The third kappa shape index (κ3) is 2.92. The van der Waals surface area contributed by atoms with Crippen molar-refractivity contribution in [3.63, 3.8) is 0 Å². The van der Waals surface area contributed by atoms with Gasteiger partial charge in [-0.1, -0.05) is 68.4 Å². The maximum atomic E-state index is 11.1. The van der Waals surface area contributed by atoms with Crippen molar-refractivity contribution >= 4 is 0 Å². The SMILES string of the molecule is COCC(O)(c1ccccc1)c1ccc(C(C)C)cc1. The minimum absolute atomic E-state index is 0.234. The van der Waals surface area contributed by atoms with E-state index in [0.29, 0.717) is 5.92 Å². The van der Waals surface area contributed by atoms with Crippen molar-refractivity contribution in [3.05, 3.63) is 71.3 Å². The van der Waals surface area contributed by atoms with Crippen LogP contribution in [0.2, 0.25) is 0 Å². The molecule has 1 N–H and O–H groups in total. The normalized spacial score (nSPS) is 14.2. The summed E-state index contributed by atoms with van der Waals surface area (Å²) in [6.45, 7) is 4.55. The van der Waals surface area contributed by atoms with Gasteiger partial charge in [0.15, 0.2) is 0 Å². The number of rotatable bonds is 5. The summed E-state index contributed by atoms with van der Waals surface area (Å²) in [7, 11) is 1.61. The van der Waals surface area contributed by atoms with Crippen molar-refractivity contribution in [3.8, 4) is 0 Å². The van der Waals surface area contributed by atoms with Crippen molar-refractivity contribution in [1.82, 2.24) is 0 Å². The summed E-state index contributed by atoms with van der Waals surface area (Å²) in [6, 6.07) is 17.8. The number of ether oxygens (including phenoxy) is 1.